The lowest BCUT2D eigenvalue weighted by Gasteiger charge is -2.30. The van der Waals surface area contributed by atoms with Gasteiger partial charge in [-0.1, -0.05) is 29.3 Å². The second-order valence-electron chi connectivity index (χ2n) is 5.79. The Morgan fingerprint density at radius 2 is 2.18 bits per heavy atom. The summed E-state index contributed by atoms with van der Waals surface area (Å²) in [4.78, 5) is 14.5. The highest BCUT2D eigenvalue weighted by atomic mass is 35.5. The highest BCUT2D eigenvalue weighted by molar-refractivity contribution is 7.99. The summed E-state index contributed by atoms with van der Waals surface area (Å²) in [5, 5.41) is 4.48. The second kappa shape index (κ2) is 8.44. The zero-order valence-electron chi connectivity index (χ0n) is 12.9. The van der Waals surface area contributed by atoms with Crippen LogP contribution < -0.4 is 5.32 Å². The first kappa shape index (κ1) is 17.9. The molecule has 1 aromatic rings. The molecule has 1 atom stereocenters. The van der Waals surface area contributed by atoms with E-state index in [-0.39, 0.29) is 18.0 Å². The maximum Gasteiger partial charge on any atom is 0.224 e. The summed E-state index contributed by atoms with van der Waals surface area (Å²) in [6, 6.07) is 5.97. The van der Waals surface area contributed by atoms with Gasteiger partial charge in [0.2, 0.25) is 5.91 Å². The van der Waals surface area contributed by atoms with Crippen LogP contribution in [0.25, 0.3) is 0 Å². The zero-order valence-corrected chi connectivity index (χ0v) is 15.3. The number of nitrogens with one attached hydrogen (secondary N) is 1. The van der Waals surface area contributed by atoms with Crippen molar-refractivity contribution in [3.8, 4) is 0 Å². The summed E-state index contributed by atoms with van der Waals surface area (Å²) in [5.41, 5.74) is 1.00. The molecule has 0 radical (unpaired) electrons. The van der Waals surface area contributed by atoms with Crippen molar-refractivity contribution in [2.75, 3.05) is 18.1 Å². The maximum atomic E-state index is 12.6. The SMILES string of the molecule is CC(C)N(Cc1ccc(Cl)c(Cl)c1)C(=O)CC1CSCCN1. The highest BCUT2D eigenvalue weighted by Crippen LogP contribution is 2.24. The largest absolute Gasteiger partial charge is 0.336 e. The second-order valence-corrected chi connectivity index (χ2v) is 7.76. The zero-order chi connectivity index (χ0) is 16.1. The summed E-state index contributed by atoms with van der Waals surface area (Å²) < 4.78 is 0. The Balaban J connectivity index is 2.01. The molecule has 22 heavy (non-hydrogen) atoms. The van der Waals surface area contributed by atoms with Gasteiger partial charge in [-0.3, -0.25) is 4.79 Å². The molecule has 0 spiro atoms. The van der Waals surface area contributed by atoms with E-state index in [4.69, 9.17) is 23.2 Å². The van der Waals surface area contributed by atoms with Crippen LogP contribution in [0.4, 0.5) is 0 Å². The van der Waals surface area contributed by atoms with E-state index < -0.39 is 0 Å². The van der Waals surface area contributed by atoms with E-state index in [2.05, 4.69) is 5.32 Å². The lowest BCUT2D eigenvalue weighted by atomic mass is 10.1. The van der Waals surface area contributed by atoms with Gasteiger partial charge in [-0.05, 0) is 31.5 Å². The van der Waals surface area contributed by atoms with E-state index in [1.165, 1.54) is 0 Å². The molecule has 2 rings (SSSR count). The number of hydrogen-bond donors (Lipinski definition) is 1. The Hall–Kier alpha value is -0.420. The molecule has 1 saturated heterocycles. The van der Waals surface area contributed by atoms with Crippen molar-refractivity contribution in [2.45, 2.75) is 38.9 Å². The monoisotopic (exact) mass is 360 g/mol. The number of rotatable bonds is 5. The number of carbonyl (C=O) groups is 1. The summed E-state index contributed by atoms with van der Waals surface area (Å²) in [6.45, 7) is 5.63. The van der Waals surface area contributed by atoms with Crippen molar-refractivity contribution in [1.29, 1.82) is 0 Å². The number of benzene rings is 1. The molecule has 1 aromatic carbocycles. The molecule has 1 amide bonds. The number of halogens is 2. The standard InChI is InChI=1S/C16H22Cl2N2OS/c1-11(2)20(9-12-3-4-14(17)15(18)7-12)16(21)8-13-10-22-6-5-19-13/h3-4,7,11,13,19H,5-6,8-10H2,1-2H3. The van der Waals surface area contributed by atoms with Gasteiger partial charge in [0.05, 0.1) is 10.0 Å². The van der Waals surface area contributed by atoms with Crippen molar-refractivity contribution >= 4 is 40.9 Å². The van der Waals surface area contributed by atoms with Gasteiger partial charge < -0.3 is 10.2 Å². The number of hydrogen-bond acceptors (Lipinski definition) is 3. The Morgan fingerprint density at radius 3 is 2.77 bits per heavy atom. The average molecular weight is 361 g/mol. The Bertz CT molecular complexity index is 519. The Kier molecular flexibility index (Phi) is 6.87. The predicted octanol–water partition coefficient (Wildman–Crippen LogP) is 3.83. The summed E-state index contributed by atoms with van der Waals surface area (Å²) in [6.07, 6.45) is 0.548. The number of nitrogens with zero attached hydrogens (tertiary/aromatic N) is 1. The van der Waals surface area contributed by atoms with Crippen molar-refractivity contribution in [2.24, 2.45) is 0 Å². The fourth-order valence-electron chi connectivity index (χ4n) is 2.47. The third kappa shape index (κ3) is 5.05. The maximum absolute atomic E-state index is 12.6. The molecular weight excluding hydrogens is 339 g/mol. The summed E-state index contributed by atoms with van der Waals surface area (Å²) in [7, 11) is 0. The molecule has 0 bridgehead atoms. The average Bonchev–Trinajstić information content (AvgIpc) is 2.49. The number of thioether (sulfide) groups is 1. The van der Waals surface area contributed by atoms with E-state index in [0.717, 1.165) is 23.6 Å². The molecule has 6 heteroatoms. The van der Waals surface area contributed by atoms with Gasteiger partial charge in [0, 0.05) is 43.1 Å². The molecule has 1 unspecified atom stereocenters. The normalized spacial score (nSPS) is 18.5. The van der Waals surface area contributed by atoms with Gasteiger partial charge in [-0.2, -0.15) is 11.8 Å². The predicted molar refractivity (Wildman–Crippen MR) is 95.9 cm³/mol. The first-order valence-corrected chi connectivity index (χ1v) is 9.43. The van der Waals surface area contributed by atoms with Crippen LogP contribution in [-0.2, 0) is 11.3 Å². The van der Waals surface area contributed by atoms with Crippen LogP contribution in [0.15, 0.2) is 18.2 Å². The van der Waals surface area contributed by atoms with Crippen molar-refractivity contribution in [1.82, 2.24) is 10.2 Å². The lowest BCUT2D eigenvalue weighted by molar-refractivity contribution is -0.134. The van der Waals surface area contributed by atoms with Crippen molar-refractivity contribution < 1.29 is 4.79 Å². The number of amides is 1. The van der Waals surface area contributed by atoms with Gasteiger partial charge >= 0.3 is 0 Å². The third-order valence-electron chi connectivity index (χ3n) is 3.70. The van der Waals surface area contributed by atoms with Crippen LogP contribution in [0.2, 0.25) is 10.0 Å². The molecule has 0 aliphatic carbocycles. The highest BCUT2D eigenvalue weighted by Gasteiger charge is 2.23. The fourth-order valence-corrected chi connectivity index (χ4v) is 3.74. The lowest BCUT2D eigenvalue weighted by Crippen LogP contribution is -2.44. The molecule has 0 saturated carbocycles. The van der Waals surface area contributed by atoms with Crippen LogP contribution in [0.3, 0.4) is 0 Å². The minimum atomic E-state index is 0.151. The van der Waals surface area contributed by atoms with E-state index in [1.54, 1.807) is 6.07 Å². The first-order chi connectivity index (χ1) is 10.5. The third-order valence-corrected chi connectivity index (χ3v) is 5.57. The molecule has 122 valence electrons. The van der Waals surface area contributed by atoms with E-state index >= 15 is 0 Å². The minimum absolute atomic E-state index is 0.151. The van der Waals surface area contributed by atoms with Crippen molar-refractivity contribution in [3.63, 3.8) is 0 Å². The number of carbonyl (C=O) groups excluding carboxylic acids is 1. The molecule has 1 aliphatic heterocycles. The molecule has 1 heterocycles. The molecule has 3 nitrogen and oxygen atoms in total. The van der Waals surface area contributed by atoms with Crippen LogP contribution in [-0.4, -0.2) is 40.9 Å². The van der Waals surface area contributed by atoms with E-state index in [0.29, 0.717) is 23.0 Å². The topological polar surface area (TPSA) is 32.3 Å². The summed E-state index contributed by atoms with van der Waals surface area (Å²) >= 11 is 13.9. The molecule has 1 N–H and O–H groups in total. The van der Waals surface area contributed by atoms with Crippen LogP contribution in [0.5, 0.6) is 0 Å². The van der Waals surface area contributed by atoms with Gasteiger partial charge in [0.25, 0.3) is 0 Å². The smallest absolute Gasteiger partial charge is 0.224 e. The van der Waals surface area contributed by atoms with E-state index in [1.807, 2.05) is 42.6 Å². The van der Waals surface area contributed by atoms with Crippen LogP contribution in [0.1, 0.15) is 25.8 Å². The molecule has 1 aliphatic rings. The quantitative estimate of drug-likeness (QED) is 0.865. The Labute approximate surface area is 146 Å². The van der Waals surface area contributed by atoms with Gasteiger partial charge in [-0.15, -0.1) is 0 Å². The van der Waals surface area contributed by atoms with Crippen molar-refractivity contribution in [3.05, 3.63) is 33.8 Å². The summed E-state index contributed by atoms with van der Waals surface area (Å²) in [5.74, 6) is 2.31. The molecule has 1 fully saturated rings. The first-order valence-electron chi connectivity index (χ1n) is 7.52. The van der Waals surface area contributed by atoms with Gasteiger partial charge in [0.1, 0.15) is 0 Å². The van der Waals surface area contributed by atoms with Crippen LogP contribution >= 0.6 is 35.0 Å². The van der Waals surface area contributed by atoms with Gasteiger partial charge in [0.15, 0.2) is 0 Å². The Morgan fingerprint density at radius 1 is 1.41 bits per heavy atom. The van der Waals surface area contributed by atoms with Crippen LogP contribution in [0, 0.1) is 0 Å². The van der Waals surface area contributed by atoms with Gasteiger partial charge in [-0.25, -0.2) is 0 Å². The molecule has 0 aromatic heterocycles. The van der Waals surface area contributed by atoms with E-state index in [9.17, 15) is 4.79 Å². The molecular formula is C16H22Cl2N2OS. The fraction of sp³-hybridized carbons (Fsp3) is 0.562. The minimum Gasteiger partial charge on any atom is -0.336 e.